The van der Waals surface area contributed by atoms with E-state index in [1.165, 1.54) is 6.07 Å². The normalized spacial score (nSPS) is 12.4. The number of rotatable bonds is 5. The van der Waals surface area contributed by atoms with Crippen molar-refractivity contribution in [3.8, 4) is 0 Å². The highest BCUT2D eigenvalue weighted by Gasteiger charge is 1.97. The molecular weight excluding hydrogens is 214 g/mol. The molecule has 1 heterocycles. The van der Waals surface area contributed by atoms with E-state index in [9.17, 15) is 9.00 Å². The molecule has 0 saturated carbocycles. The van der Waals surface area contributed by atoms with E-state index in [1.54, 1.807) is 13.2 Å². The van der Waals surface area contributed by atoms with Crippen molar-refractivity contribution in [2.24, 2.45) is 0 Å². The molecule has 0 saturated heterocycles. The minimum atomic E-state index is -0.761. The molecule has 0 aliphatic rings. The molecule has 0 fully saturated rings. The van der Waals surface area contributed by atoms with Crippen molar-refractivity contribution in [2.75, 3.05) is 23.9 Å². The second-order valence-electron chi connectivity index (χ2n) is 3.27. The predicted molar refractivity (Wildman–Crippen MR) is 61.6 cm³/mol. The van der Waals surface area contributed by atoms with Gasteiger partial charge in [0.25, 0.3) is 5.56 Å². The third-order valence-corrected chi connectivity index (χ3v) is 2.64. The molecule has 0 aliphatic carbocycles. The number of H-pyrrole nitrogens is 1. The summed E-state index contributed by atoms with van der Waals surface area (Å²) in [7, 11) is -0.761. The van der Waals surface area contributed by atoms with Gasteiger partial charge in [-0.05, 0) is 13.3 Å². The van der Waals surface area contributed by atoms with Gasteiger partial charge in [-0.25, -0.2) is 4.98 Å². The number of nitrogens with one attached hydrogen (secondary N) is 2. The van der Waals surface area contributed by atoms with Gasteiger partial charge in [-0.1, -0.05) is 0 Å². The summed E-state index contributed by atoms with van der Waals surface area (Å²) in [6, 6.07) is 1.41. The molecule has 1 aromatic rings. The highest BCUT2D eigenvalue weighted by atomic mass is 32.2. The van der Waals surface area contributed by atoms with Gasteiger partial charge in [0.05, 0.1) is 0 Å². The second-order valence-corrected chi connectivity index (χ2v) is 4.83. The number of nitrogens with zero attached hydrogens (tertiary/aromatic N) is 1. The van der Waals surface area contributed by atoms with Crippen molar-refractivity contribution >= 4 is 16.6 Å². The van der Waals surface area contributed by atoms with Crippen LogP contribution in [-0.2, 0) is 10.8 Å². The van der Waals surface area contributed by atoms with Crippen LogP contribution in [0.2, 0.25) is 0 Å². The van der Waals surface area contributed by atoms with Crippen molar-refractivity contribution in [2.45, 2.75) is 13.3 Å². The molecule has 0 aromatic carbocycles. The zero-order valence-corrected chi connectivity index (χ0v) is 9.69. The van der Waals surface area contributed by atoms with Gasteiger partial charge in [-0.2, -0.15) is 0 Å². The Morgan fingerprint density at radius 1 is 1.60 bits per heavy atom. The van der Waals surface area contributed by atoms with E-state index in [-0.39, 0.29) is 5.56 Å². The van der Waals surface area contributed by atoms with Gasteiger partial charge in [0.2, 0.25) is 0 Å². The first-order valence-corrected chi connectivity index (χ1v) is 6.42. The summed E-state index contributed by atoms with van der Waals surface area (Å²) in [6.07, 6.45) is 2.48. The third kappa shape index (κ3) is 4.73. The molecule has 0 radical (unpaired) electrons. The Hall–Kier alpha value is -1.17. The summed E-state index contributed by atoms with van der Waals surface area (Å²) < 4.78 is 10.8. The average Bonchev–Trinajstić information content (AvgIpc) is 2.10. The smallest absolute Gasteiger partial charge is 0.252 e. The lowest BCUT2D eigenvalue weighted by Crippen LogP contribution is -2.13. The highest BCUT2D eigenvalue weighted by molar-refractivity contribution is 7.84. The summed E-state index contributed by atoms with van der Waals surface area (Å²) in [5, 5.41) is 3.02. The number of anilines is 1. The molecule has 15 heavy (non-hydrogen) atoms. The maximum Gasteiger partial charge on any atom is 0.252 e. The molecule has 1 atom stereocenters. The van der Waals surface area contributed by atoms with Crippen LogP contribution in [0.3, 0.4) is 0 Å². The van der Waals surface area contributed by atoms with Crippen LogP contribution in [0.4, 0.5) is 5.82 Å². The molecule has 2 N–H and O–H groups in total. The van der Waals surface area contributed by atoms with E-state index in [4.69, 9.17) is 0 Å². The monoisotopic (exact) mass is 229 g/mol. The summed E-state index contributed by atoms with van der Waals surface area (Å²) in [4.78, 5) is 17.7. The van der Waals surface area contributed by atoms with Crippen molar-refractivity contribution < 1.29 is 4.21 Å². The first-order chi connectivity index (χ1) is 7.08. The molecule has 0 bridgehead atoms. The van der Waals surface area contributed by atoms with Crippen molar-refractivity contribution in [3.05, 3.63) is 22.2 Å². The maximum atomic E-state index is 11.1. The third-order valence-electron chi connectivity index (χ3n) is 1.77. The molecule has 5 nitrogen and oxygen atoms in total. The Bertz CT molecular complexity index is 403. The number of aryl methyl sites for hydroxylation is 1. The first-order valence-electron chi connectivity index (χ1n) is 4.70. The number of hydrogen-bond donors (Lipinski definition) is 2. The number of aromatic nitrogens is 2. The standard InChI is InChI=1S/C9H15N3O2S/c1-7-11-8(6-9(13)12-7)10-4-3-5-15(2)14/h6H,3-5H2,1-2H3,(H2,10,11,12,13). The van der Waals surface area contributed by atoms with Crippen LogP contribution in [0.5, 0.6) is 0 Å². The number of hydrogen-bond acceptors (Lipinski definition) is 4. The lowest BCUT2D eigenvalue weighted by atomic mass is 10.4. The van der Waals surface area contributed by atoms with E-state index in [0.717, 1.165) is 6.42 Å². The maximum absolute atomic E-state index is 11.1. The lowest BCUT2D eigenvalue weighted by Gasteiger charge is -2.04. The fourth-order valence-electron chi connectivity index (χ4n) is 1.16. The van der Waals surface area contributed by atoms with E-state index < -0.39 is 10.8 Å². The quantitative estimate of drug-likeness (QED) is 0.710. The molecule has 1 unspecified atom stereocenters. The van der Waals surface area contributed by atoms with E-state index in [2.05, 4.69) is 15.3 Å². The fraction of sp³-hybridized carbons (Fsp3) is 0.556. The van der Waals surface area contributed by atoms with Crippen LogP contribution < -0.4 is 10.9 Å². The van der Waals surface area contributed by atoms with E-state index in [1.807, 2.05) is 0 Å². The highest BCUT2D eigenvalue weighted by Crippen LogP contribution is 1.97. The minimum Gasteiger partial charge on any atom is -0.370 e. The van der Waals surface area contributed by atoms with E-state index in [0.29, 0.717) is 23.9 Å². The Kier molecular flexibility index (Phi) is 4.48. The Balaban J connectivity index is 2.44. The second kappa shape index (κ2) is 5.65. The van der Waals surface area contributed by atoms with Crippen LogP contribution in [0.1, 0.15) is 12.2 Å². The van der Waals surface area contributed by atoms with Crippen LogP contribution in [-0.4, -0.2) is 32.7 Å². The molecule has 84 valence electrons. The predicted octanol–water partition coefficient (Wildman–Crippen LogP) is 0.259. The fourth-order valence-corrected chi connectivity index (χ4v) is 1.71. The topological polar surface area (TPSA) is 74.8 Å². The molecule has 1 rings (SSSR count). The Morgan fingerprint density at radius 2 is 2.33 bits per heavy atom. The average molecular weight is 229 g/mol. The summed E-state index contributed by atoms with van der Waals surface area (Å²) in [5.74, 6) is 1.82. The van der Waals surface area contributed by atoms with Gasteiger partial charge in [0, 0.05) is 35.4 Å². The van der Waals surface area contributed by atoms with Gasteiger partial charge in [-0.3, -0.25) is 9.00 Å². The van der Waals surface area contributed by atoms with Crippen molar-refractivity contribution in [1.29, 1.82) is 0 Å². The largest absolute Gasteiger partial charge is 0.370 e. The lowest BCUT2D eigenvalue weighted by molar-refractivity contribution is 0.685. The first kappa shape index (κ1) is 11.9. The minimum absolute atomic E-state index is 0.163. The van der Waals surface area contributed by atoms with E-state index >= 15 is 0 Å². The summed E-state index contributed by atoms with van der Waals surface area (Å²) in [6.45, 7) is 2.41. The van der Waals surface area contributed by atoms with Crippen LogP contribution in [0, 0.1) is 6.92 Å². The SMILES string of the molecule is Cc1nc(NCCCS(C)=O)cc(=O)[nH]1. The molecular formula is C9H15N3O2S. The van der Waals surface area contributed by atoms with Gasteiger partial charge >= 0.3 is 0 Å². The Morgan fingerprint density at radius 3 is 2.93 bits per heavy atom. The molecule has 0 aliphatic heterocycles. The Labute approximate surface area is 90.8 Å². The van der Waals surface area contributed by atoms with Gasteiger partial charge < -0.3 is 10.3 Å². The summed E-state index contributed by atoms with van der Waals surface area (Å²) >= 11 is 0. The molecule has 0 amide bonds. The van der Waals surface area contributed by atoms with Gasteiger partial charge in [-0.15, -0.1) is 0 Å². The van der Waals surface area contributed by atoms with Crippen molar-refractivity contribution in [1.82, 2.24) is 9.97 Å². The van der Waals surface area contributed by atoms with Crippen LogP contribution >= 0.6 is 0 Å². The zero-order valence-electron chi connectivity index (χ0n) is 8.87. The number of aromatic amines is 1. The van der Waals surface area contributed by atoms with Crippen LogP contribution in [0.15, 0.2) is 10.9 Å². The molecule has 0 spiro atoms. The molecule has 1 aromatic heterocycles. The van der Waals surface area contributed by atoms with Gasteiger partial charge in [0.15, 0.2) is 0 Å². The van der Waals surface area contributed by atoms with Gasteiger partial charge in [0.1, 0.15) is 11.6 Å². The van der Waals surface area contributed by atoms with Crippen LogP contribution in [0.25, 0.3) is 0 Å². The zero-order chi connectivity index (χ0) is 11.3. The summed E-state index contributed by atoms with van der Waals surface area (Å²) in [5.41, 5.74) is -0.163. The van der Waals surface area contributed by atoms with Crippen molar-refractivity contribution in [3.63, 3.8) is 0 Å². The molecule has 6 heteroatoms.